The highest BCUT2D eigenvalue weighted by atomic mass is 15.2. The van der Waals surface area contributed by atoms with Crippen LogP contribution in [0.1, 0.15) is 37.2 Å². The molecule has 0 aromatic carbocycles. The second-order valence-corrected chi connectivity index (χ2v) is 5.81. The second-order valence-electron chi connectivity index (χ2n) is 5.81. The summed E-state index contributed by atoms with van der Waals surface area (Å²) in [5, 5.41) is 7.62. The summed E-state index contributed by atoms with van der Waals surface area (Å²) in [6.07, 6.45) is 5.88. The molecule has 21 heavy (non-hydrogen) atoms. The Morgan fingerprint density at radius 2 is 1.86 bits per heavy atom. The van der Waals surface area contributed by atoms with Gasteiger partial charge in [0.1, 0.15) is 0 Å². The molecule has 0 aliphatic carbocycles. The maximum absolute atomic E-state index is 4.65. The van der Waals surface area contributed by atoms with Crippen molar-refractivity contribution in [3.63, 3.8) is 0 Å². The lowest BCUT2D eigenvalue weighted by Crippen LogP contribution is -2.24. The molecule has 5 nitrogen and oxygen atoms in total. The standard InChI is InChI=1S/C16H25N5/c1-11(2)17-8-6-7-15-12(3)19-16(20-13(15)4)14-9-18-21(5)10-14/h9-11,17H,6-8H2,1-5H3. The Kier molecular flexibility index (Phi) is 5.07. The molecule has 0 aliphatic rings. The molecule has 0 spiro atoms. The summed E-state index contributed by atoms with van der Waals surface area (Å²) in [4.78, 5) is 9.29. The van der Waals surface area contributed by atoms with Gasteiger partial charge in [0.2, 0.25) is 0 Å². The fourth-order valence-electron chi connectivity index (χ4n) is 2.42. The normalized spacial score (nSPS) is 11.3. The van der Waals surface area contributed by atoms with Crippen LogP contribution in [0.5, 0.6) is 0 Å². The third kappa shape index (κ3) is 4.11. The zero-order valence-electron chi connectivity index (χ0n) is 13.6. The molecule has 0 saturated heterocycles. The molecule has 2 aromatic heterocycles. The molecule has 114 valence electrons. The zero-order chi connectivity index (χ0) is 15.4. The van der Waals surface area contributed by atoms with Crippen LogP contribution < -0.4 is 5.32 Å². The molecule has 5 heteroatoms. The van der Waals surface area contributed by atoms with Crippen LogP contribution in [0.3, 0.4) is 0 Å². The van der Waals surface area contributed by atoms with Crippen LogP contribution in [-0.4, -0.2) is 32.3 Å². The Balaban J connectivity index is 2.10. The molecule has 0 atom stereocenters. The Bertz CT molecular complexity index is 577. The summed E-state index contributed by atoms with van der Waals surface area (Å²) in [5.41, 5.74) is 4.39. The Labute approximate surface area is 126 Å². The Morgan fingerprint density at radius 3 is 2.38 bits per heavy atom. The lowest BCUT2D eigenvalue weighted by molar-refractivity contribution is 0.569. The van der Waals surface area contributed by atoms with E-state index in [1.165, 1.54) is 5.56 Å². The molecule has 0 saturated carbocycles. The molecule has 2 rings (SSSR count). The molecule has 1 N–H and O–H groups in total. The van der Waals surface area contributed by atoms with Gasteiger partial charge in [-0.15, -0.1) is 0 Å². The molecular weight excluding hydrogens is 262 g/mol. The first kappa shape index (κ1) is 15.6. The van der Waals surface area contributed by atoms with E-state index in [0.29, 0.717) is 6.04 Å². The summed E-state index contributed by atoms with van der Waals surface area (Å²) in [7, 11) is 1.90. The number of aromatic nitrogens is 4. The predicted molar refractivity (Wildman–Crippen MR) is 85.2 cm³/mol. The van der Waals surface area contributed by atoms with Crippen LogP contribution in [0.25, 0.3) is 11.4 Å². The van der Waals surface area contributed by atoms with Gasteiger partial charge >= 0.3 is 0 Å². The third-order valence-electron chi connectivity index (χ3n) is 3.54. The summed E-state index contributed by atoms with van der Waals surface area (Å²) in [6.45, 7) is 9.50. The lowest BCUT2D eigenvalue weighted by Gasteiger charge is -2.11. The summed E-state index contributed by atoms with van der Waals surface area (Å²) < 4.78 is 1.77. The van der Waals surface area contributed by atoms with Crippen LogP contribution in [0.15, 0.2) is 12.4 Å². The van der Waals surface area contributed by atoms with E-state index in [2.05, 4.69) is 48.1 Å². The number of hydrogen-bond donors (Lipinski definition) is 1. The first-order valence-electron chi connectivity index (χ1n) is 7.54. The monoisotopic (exact) mass is 287 g/mol. The third-order valence-corrected chi connectivity index (χ3v) is 3.54. The second kappa shape index (κ2) is 6.80. The van der Waals surface area contributed by atoms with Crippen molar-refractivity contribution in [1.29, 1.82) is 0 Å². The fourth-order valence-corrected chi connectivity index (χ4v) is 2.42. The van der Waals surface area contributed by atoms with E-state index in [0.717, 1.165) is 42.2 Å². The Morgan fingerprint density at radius 1 is 1.19 bits per heavy atom. The van der Waals surface area contributed by atoms with Crippen LogP contribution in [0, 0.1) is 13.8 Å². The van der Waals surface area contributed by atoms with Gasteiger partial charge in [0.05, 0.1) is 11.8 Å². The predicted octanol–water partition coefficient (Wildman–Crippen LogP) is 2.42. The first-order valence-corrected chi connectivity index (χ1v) is 7.54. The highest BCUT2D eigenvalue weighted by Crippen LogP contribution is 2.19. The molecule has 0 radical (unpaired) electrons. The Hall–Kier alpha value is -1.75. The van der Waals surface area contributed by atoms with E-state index in [1.807, 2.05) is 13.2 Å². The number of nitrogens with one attached hydrogen (secondary N) is 1. The summed E-state index contributed by atoms with van der Waals surface area (Å²) in [5.74, 6) is 0.766. The minimum Gasteiger partial charge on any atom is -0.315 e. The van der Waals surface area contributed by atoms with Gasteiger partial charge in [-0.2, -0.15) is 5.10 Å². The van der Waals surface area contributed by atoms with Crippen molar-refractivity contribution in [3.05, 3.63) is 29.3 Å². The van der Waals surface area contributed by atoms with Gasteiger partial charge in [-0.25, -0.2) is 9.97 Å². The smallest absolute Gasteiger partial charge is 0.162 e. The molecule has 0 bridgehead atoms. The maximum Gasteiger partial charge on any atom is 0.162 e. The van der Waals surface area contributed by atoms with Crippen LogP contribution in [0.4, 0.5) is 0 Å². The maximum atomic E-state index is 4.65. The summed E-state index contributed by atoms with van der Waals surface area (Å²) >= 11 is 0. The number of hydrogen-bond acceptors (Lipinski definition) is 4. The largest absolute Gasteiger partial charge is 0.315 e. The van der Waals surface area contributed by atoms with Gasteiger partial charge in [-0.05, 0) is 38.8 Å². The van der Waals surface area contributed by atoms with Gasteiger partial charge in [0.25, 0.3) is 0 Å². The minimum atomic E-state index is 0.538. The van der Waals surface area contributed by atoms with E-state index < -0.39 is 0 Å². The van der Waals surface area contributed by atoms with Crippen molar-refractivity contribution in [2.45, 2.75) is 46.6 Å². The topological polar surface area (TPSA) is 55.6 Å². The minimum absolute atomic E-state index is 0.538. The number of nitrogens with zero attached hydrogens (tertiary/aromatic N) is 4. The molecule has 2 heterocycles. The quantitative estimate of drug-likeness (QED) is 0.829. The van der Waals surface area contributed by atoms with E-state index in [4.69, 9.17) is 0 Å². The van der Waals surface area contributed by atoms with Crippen LogP contribution in [0.2, 0.25) is 0 Å². The van der Waals surface area contributed by atoms with Crippen LogP contribution in [-0.2, 0) is 13.5 Å². The highest BCUT2D eigenvalue weighted by Gasteiger charge is 2.11. The van der Waals surface area contributed by atoms with Crippen molar-refractivity contribution in [3.8, 4) is 11.4 Å². The molecular formula is C16H25N5. The first-order chi connectivity index (χ1) is 9.97. The lowest BCUT2D eigenvalue weighted by atomic mass is 10.1. The van der Waals surface area contributed by atoms with Gasteiger partial charge < -0.3 is 5.32 Å². The number of aryl methyl sites for hydroxylation is 3. The van der Waals surface area contributed by atoms with Crippen molar-refractivity contribution >= 4 is 0 Å². The van der Waals surface area contributed by atoms with E-state index in [9.17, 15) is 0 Å². The van der Waals surface area contributed by atoms with E-state index in [1.54, 1.807) is 10.9 Å². The number of rotatable bonds is 6. The van der Waals surface area contributed by atoms with E-state index >= 15 is 0 Å². The average Bonchev–Trinajstić information content (AvgIpc) is 2.83. The molecule has 2 aromatic rings. The van der Waals surface area contributed by atoms with Gasteiger partial charge in [-0.1, -0.05) is 13.8 Å². The molecule has 0 fully saturated rings. The van der Waals surface area contributed by atoms with Gasteiger partial charge in [0.15, 0.2) is 5.82 Å². The molecule has 0 amide bonds. The molecule has 0 unspecified atom stereocenters. The van der Waals surface area contributed by atoms with Crippen molar-refractivity contribution in [2.24, 2.45) is 7.05 Å². The van der Waals surface area contributed by atoms with Crippen molar-refractivity contribution < 1.29 is 0 Å². The molecule has 0 aliphatic heterocycles. The fraction of sp³-hybridized carbons (Fsp3) is 0.562. The summed E-state index contributed by atoms with van der Waals surface area (Å²) in [6, 6.07) is 0.538. The average molecular weight is 287 g/mol. The van der Waals surface area contributed by atoms with Gasteiger partial charge in [0, 0.05) is 30.7 Å². The van der Waals surface area contributed by atoms with Crippen molar-refractivity contribution in [1.82, 2.24) is 25.1 Å². The van der Waals surface area contributed by atoms with E-state index in [-0.39, 0.29) is 0 Å². The zero-order valence-corrected chi connectivity index (χ0v) is 13.6. The van der Waals surface area contributed by atoms with Crippen molar-refractivity contribution in [2.75, 3.05) is 6.54 Å². The highest BCUT2D eigenvalue weighted by molar-refractivity contribution is 5.53. The van der Waals surface area contributed by atoms with Gasteiger partial charge in [-0.3, -0.25) is 4.68 Å². The SMILES string of the molecule is Cc1nc(-c2cnn(C)c2)nc(C)c1CCCNC(C)C. The van der Waals surface area contributed by atoms with Crippen LogP contribution >= 0.6 is 0 Å².